The third-order valence-corrected chi connectivity index (χ3v) is 4.01. The van der Waals surface area contributed by atoms with Gasteiger partial charge in [0.05, 0.1) is 6.61 Å². The van der Waals surface area contributed by atoms with Gasteiger partial charge < -0.3 is 4.74 Å². The molecule has 3 rings (SSSR count). The number of hydrogen-bond donors (Lipinski definition) is 0. The number of ether oxygens (including phenoxy) is 1. The first kappa shape index (κ1) is 13.9. The van der Waals surface area contributed by atoms with E-state index in [9.17, 15) is 4.79 Å². The smallest absolute Gasteiger partial charge is 0.166 e. The fourth-order valence-corrected chi connectivity index (χ4v) is 2.94. The molecule has 0 fully saturated rings. The van der Waals surface area contributed by atoms with Gasteiger partial charge in [0, 0.05) is 11.5 Å². The SMILES string of the molecule is CCCOc1cccc(C(=O)C2Cc3ccccc3C2)c1. The molecule has 1 aliphatic rings. The van der Waals surface area contributed by atoms with Gasteiger partial charge in [0.1, 0.15) is 5.75 Å². The third-order valence-electron chi connectivity index (χ3n) is 4.01. The molecular formula is C19H20O2. The van der Waals surface area contributed by atoms with Gasteiger partial charge in [-0.3, -0.25) is 4.79 Å². The Kier molecular flexibility index (Phi) is 4.05. The summed E-state index contributed by atoms with van der Waals surface area (Å²) in [4.78, 5) is 12.7. The standard InChI is InChI=1S/C19H20O2/c1-2-10-21-18-9-5-8-16(13-18)19(20)17-11-14-6-3-4-7-15(14)12-17/h3-9,13,17H,2,10-12H2,1H3. The van der Waals surface area contributed by atoms with Crippen LogP contribution < -0.4 is 4.74 Å². The minimum atomic E-state index is 0.0730. The molecule has 0 saturated heterocycles. The Morgan fingerprint density at radius 1 is 1.10 bits per heavy atom. The highest BCUT2D eigenvalue weighted by molar-refractivity contribution is 5.98. The van der Waals surface area contributed by atoms with Crippen molar-refractivity contribution in [2.45, 2.75) is 26.2 Å². The molecule has 0 bridgehead atoms. The van der Waals surface area contributed by atoms with Crippen molar-refractivity contribution in [1.82, 2.24) is 0 Å². The predicted octanol–water partition coefficient (Wildman–Crippen LogP) is 4.07. The van der Waals surface area contributed by atoms with E-state index in [1.54, 1.807) is 0 Å². The zero-order valence-electron chi connectivity index (χ0n) is 12.3. The van der Waals surface area contributed by atoms with Crippen molar-refractivity contribution < 1.29 is 9.53 Å². The molecule has 21 heavy (non-hydrogen) atoms. The van der Waals surface area contributed by atoms with Crippen LogP contribution in [0.25, 0.3) is 0 Å². The van der Waals surface area contributed by atoms with Gasteiger partial charge in [0.25, 0.3) is 0 Å². The van der Waals surface area contributed by atoms with Crippen molar-refractivity contribution in [3.05, 3.63) is 65.2 Å². The average molecular weight is 280 g/mol. The van der Waals surface area contributed by atoms with Crippen LogP contribution in [0, 0.1) is 5.92 Å². The number of carbonyl (C=O) groups is 1. The van der Waals surface area contributed by atoms with Gasteiger partial charge in [-0.1, -0.05) is 43.3 Å². The minimum Gasteiger partial charge on any atom is -0.494 e. The summed E-state index contributed by atoms with van der Waals surface area (Å²) in [6.45, 7) is 2.76. The fourth-order valence-electron chi connectivity index (χ4n) is 2.94. The molecule has 0 N–H and O–H groups in total. The third kappa shape index (κ3) is 2.99. The molecule has 0 atom stereocenters. The lowest BCUT2D eigenvalue weighted by Gasteiger charge is -2.10. The Hall–Kier alpha value is -2.09. The second-order valence-electron chi connectivity index (χ2n) is 5.61. The number of rotatable bonds is 5. The Morgan fingerprint density at radius 3 is 2.48 bits per heavy atom. The van der Waals surface area contributed by atoms with Crippen molar-refractivity contribution >= 4 is 5.78 Å². The highest BCUT2D eigenvalue weighted by Crippen LogP contribution is 2.29. The Balaban J connectivity index is 1.75. The summed E-state index contributed by atoms with van der Waals surface area (Å²) in [5.74, 6) is 1.09. The lowest BCUT2D eigenvalue weighted by Crippen LogP contribution is -2.15. The summed E-state index contributed by atoms with van der Waals surface area (Å²) in [7, 11) is 0. The van der Waals surface area contributed by atoms with Crippen LogP contribution >= 0.6 is 0 Å². The van der Waals surface area contributed by atoms with Crippen LogP contribution in [-0.4, -0.2) is 12.4 Å². The van der Waals surface area contributed by atoms with E-state index in [1.165, 1.54) is 11.1 Å². The summed E-state index contributed by atoms with van der Waals surface area (Å²) >= 11 is 0. The Bertz CT molecular complexity index is 621. The topological polar surface area (TPSA) is 26.3 Å². The molecule has 0 unspecified atom stereocenters. The predicted molar refractivity (Wildman–Crippen MR) is 83.9 cm³/mol. The van der Waals surface area contributed by atoms with Gasteiger partial charge >= 0.3 is 0 Å². The quantitative estimate of drug-likeness (QED) is 0.772. The molecule has 2 heteroatoms. The van der Waals surface area contributed by atoms with Gasteiger partial charge in [-0.05, 0) is 42.5 Å². The highest BCUT2D eigenvalue weighted by atomic mass is 16.5. The van der Waals surface area contributed by atoms with Crippen LogP contribution in [0.3, 0.4) is 0 Å². The first-order chi connectivity index (χ1) is 10.3. The first-order valence-corrected chi connectivity index (χ1v) is 7.62. The lowest BCUT2D eigenvalue weighted by molar-refractivity contribution is 0.0924. The summed E-state index contributed by atoms with van der Waals surface area (Å²) in [6, 6.07) is 15.9. The first-order valence-electron chi connectivity index (χ1n) is 7.62. The zero-order chi connectivity index (χ0) is 14.7. The summed E-state index contributed by atoms with van der Waals surface area (Å²) in [5, 5.41) is 0. The van der Waals surface area contributed by atoms with Crippen LogP contribution in [-0.2, 0) is 12.8 Å². The number of hydrogen-bond acceptors (Lipinski definition) is 2. The van der Waals surface area contributed by atoms with E-state index in [2.05, 4.69) is 19.1 Å². The Morgan fingerprint density at radius 2 is 1.81 bits per heavy atom. The summed E-state index contributed by atoms with van der Waals surface area (Å²) in [5.41, 5.74) is 3.39. The van der Waals surface area contributed by atoms with Crippen LogP contribution in [0.2, 0.25) is 0 Å². The number of fused-ring (bicyclic) bond motifs is 1. The van der Waals surface area contributed by atoms with Gasteiger partial charge in [0.2, 0.25) is 0 Å². The largest absolute Gasteiger partial charge is 0.494 e. The van der Waals surface area contributed by atoms with E-state index in [0.717, 1.165) is 30.6 Å². The number of carbonyl (C=O) groups excluding carboxylic acids is 1. The van der Waals surface area contributed by atoms with Crippen molar-refractivity contribution in [2.75, 3.05) is 6.61 Å². The molecule has 0 aromatic heterocycles. The van der Waals surface area contributed by atoms with E-state index in [1.807, 2.05) is 36.4 Å². The number of benzene rings is 2. The van der Waals surface area contributed by atoms with Crippen LogP contribution in [0.5, 0.6) is 5.75 Å². The average Bonchev–Trinajstić information content (AvgIpc) is 2.96. The van der Waals surface area contributed by atoms with Crippen LogP contribution in [0.4, 0.5) is 0 Å². The van der Waals surface area contributed by atoms with Crippen LogP contribution in [0.15, 0.2) is 48.5 Å². The maximum Gasteiger partial charge on any atom is 0.166 e. The van der Waals surface area contributed by atoms with Gasteiger partial charge in [-0.25, -0.2) is 0 Å². The maximum absolute atomic E-state index is 12.7. The molecule has 0 heterocycles. The van der Waals surface area contributed by atoms with Crippen molar-refractivity contribution in [2.24, 2.45) is 5.92 Å². The molecule has 2 nitrogen and oxygen atoms in total. The van der Waals surface area contributed by atoms with Gasteiger partial charge in [0.15, 0.2) is 5.78 Å². The van der Waals surface area contributed by atoms with E-state index in [0.29, 0.717) is 6.61 Å². The van der Waals surface area contributed by atoms with Crippen molar-refractivity contribution in [3.63, 3.8) is 0 Å². The molecule has 0 saturated carbocycles. The Labute approximate surface area is 125 Å². The van der Waals surface area contributed by atoms with E-state index in [4.69, 9.17) is 4.74 Å². The molecule has 0 radical (unpaired) electrons. The summed E-state index contributed by atoms with van der Waals surface area (Å²) < 4.78 is 5.62. The maximum atomic E-state index is 12.7. The van der Waals surface area contributed by atoms with E-state index >= 15 is 0 Å². The normalized spacial score (nSPS) is 14.0. The fraction of sp³-hybridized carbons (Fsp3) is 0.316. The molecule has 2 aromatic carbocycles. The van der Waals surface area contributed by atoms with Crippen LogP contribution in [0.1, 0.15) is 34.8 Å². The monoisotopic (exact) mass is 280 g/mol. The van der Waals surface area contributed by atoms with Crippen molar-refractivity contribution in [3.8, 4) is 5.75 Å². The molecular weight excluding hydrogens is 260 g/mol. The molecule has 108 valence electrons. The van der Waals surface area contributed by atoms with Gasteiger partial charge in [-0.15, -0.1) is 0 Å². The summed E-state index contributed by atoms with van der Waals surface area (Å²) in [6.07, 6.45) is 2.68. The molecule has 0 aliphatic heterocycles. The number of Topliss-reactive ketones (excluding diaryl/α,β-unsaturated/α-hetero) is 1. The molecule has 2 aromatic rings. The highest BCUT2D eigenvalue weighted by Gasteiger charge is 2.27. The zero-order valence-corrected chi connectivity index (χ0v) is 12.3. The van der Waals surface area contributed by atoms with E-state index < -0.39 is 0 Å². The minimum absolute atomic E-state index is 0.0730. The number of ketones is 1. The molecule has 1 aliphatic carbocycles. The second-order valence-corrected chi connectivity index (χ2v) is 5.61. The van der Waals surface area contributed by atoms with Crippen molar-refractivity contribution in [1.29, 1.82) is 0 Å². The molecule has 0 amide bonds. The van der Waals surface area contributed by atoms with Gasteiger partial charge in [-0.2, -0.15) is 0 Å². The second kappa shape index (κ2) is 6.13. The van der Waals surface area contributed by atoms with E-state index in [-0.39, 0.29) is 11.7 Å². The lowest BCUT2D eigenvalue weighted by atomic mass is 9.95. The molecule has 0 spiro atoms.